The highest BCUT2D eigenvalue weighted by molar-refractivity contribution is 6.07. The fourth-order valence-electron chi connectivity index (χ4n) is 0.0797. The molecule has 8 heavy (non-hydrogen) atoms. The molecule has 0 saturated carbocycles. The fraction of sp³-hybridized carbons (Fsp3) is 0.500. The molecular formula is C2HClF3NO. The molecule has 0 spiro atoms. The number of oxime groups is 1. The summed E-state index contributed by atoms with van der Waals surface area (Å²) < 4.78 is 36.1. The Hall–Kier alpha value is -0.450. The highest BCUT2D eigenvalue weighted by Gasteiger charge is 2.24. The van der Waals surface area contributed by atoms with E-state index in [0.29, 0.717) is 0 Å². The van der Waals surface area contributed by atoms with Crippen molar-refractivity contribution >= 4 is 18.1 Å². The van der Waals surface area contributed by atoms with Crippen molar-refractivity contribution in [2.75, 3.05) is 0 Å². The van der Waals surface area contributed by atoms with Gasteiger partial charge in [-0.1, -0.05) is 5.16 Å². The Labute approximate surface area is 48.0 Å². The molecule has 0 aliphatic rings. The first-order valence-electron chi connectivity index (χ1n) is 1.45. The molecule has 0 radical (unpaired) electrons. The second-order valence-corrected chi connectivity index (χ2v) is 0.983. The van der Waals surface area contributed by atoms with E-state index in [0.717, 1.165) is 0 Å². The quantitative estimate of drug-likeness (QED) is 0.409. The molecule has 0 amide bonds. The van der Waals surface area contributed by atoms with Crippen LogP contribution in [0.15, 0.2) is 5.16 Å². The first kappa shape index (κ1) is 7.55. The minimum absolute atomic E-state index is 0.361. The summed E-state index contributed by atoms with van der Waals surface area (Å²) in [6, 6.07) is 0. The minimum atomic E-state index is -4.45. The number of halogens is 4. The van der Waals surface area contributed by atoms with E-state index in [9.17, 15) is 13.2 Å². The van der Waals surface area contributed by atoms with Gasteiger partial charge in [0.05, 0.1) is 0 Å². The summed E-state index contributed by atoms with van der Waals surface area (Å²) >= 11 is 4.31. The average molecular weight is 147 g/mol. The molecule has 0 aliphatic heterocycles. The van der Waals surface area contributed by atoms with Crippen LogP contribution in [0.4, 0.5) is 13.2 Å². The molecule has 6 heteroatoms. The monoisotopic (exact) mass is 147 g/mol. The van der Waals surface area contributed by atoms with Gasteiger partial charge in [-0.05, 0) is 0 Å². The van der Waals surface area contributed by atoms with E-state index < -0.39 is 6.18 Å². The van der Waals surface area contributed by atoms with E-state index in [1.165, 1.54) is 0 Å². The zero-order chi connectivity index (χ0) is 6.62. The SMILES string of the molecule is FC(F)(F)C=NOCl. The van der Waals surface area contributed by atoms with Gasteiger partial charge in [0.25, 0.3) is 0 Å². The Morgan fingerprint density at radius 3 is 2.12 bits per heavy atom. The molecule has 0 bridgehead atoms. The lowest BCUT2D eigenvalue weighted by atomic mass is 10.7. The van der Waals surface area contributed by atoms with Crippen molar-refractivity contribution in [3.63, 3.8) is 0 Å². The highest BCUT2D eigenvalue weighted by Crippen LogP contribution is 2.10. The smallest absolute Gasteiger partial charge is 0.277 e. The predicted molar refractivity (Wildman–Crippen MR) is 21.5 cm³/mol. The Morgan fingerprint density at radius 2 is 2.00 bits per heavy atom. The maximum Gasteiger partial charge on any atom is 0.429 e. The van der Waals surface area contributed by atoms with Crippen LogP contribution in [-0.2, 0) is 4.39 Å². The Bertz CT molecular complexity index is 89.8. The number of alkyl halides is 3. The molecule has 0 aliphatic carbocycles. The van der Waals surface area contributed by atoms with Gasteiger partial charge in [0, 0.05) is 0 Å². The topological polar surface area (TPSA) is 21.6 Å². The van der Waals surface area contributed by atoms with Gasteiger partial charge in [0.15, 0.2) is 11.9 Å². The van der Waals surface area contributed by atoms with E-state index in [4.69, 9.17) is 0 Å². The van der Waals surface area contributed by atoms with Crippen LogP contribution >= 0.6 is 11.9 Å². The van der Waals surface area contributed by atoms with Gasteiger partial charge in [-0.15, -0.1) is 0 Å². The molecule has 0 aromatic heterocycles. The summed E-state index contributed by atoms with van der Waals surface area (Å²) in [7, 11) is 0. The summed E-state index contributed by atoms with van der Waals surface area (Å²) in [4.78, 5) is 0. The lowest BCUT2D eigenvalue weighted by Gasteiger charge is -1.92. The van der Waals surface area contributed by atoms with Crippen molar-refractivity contribution in [1.82, 2.24) is 0 Å². The van der Waals surface area contributed by atoms with Crippen LogP contribution < -0.4 is 0 Å². The highest BCUT2D eigenvalue weighted by atomic mass is 35.5. The number of nitrogens with zero attached hydrogens (tertiary/aromatic N) is 1. The molecule has 0 fully saturated rings. The van der Waals surface area contributed by atoms with Gasteiger partial charge in [-0.25, -0.2) is 0 Å². The van der Waals surface area contributed by atoms with Crippen molar-refractivity contribution in [1.29, 1.82) is 0 Å². The zero-order valence-electron chi connectivity index (χ0n) is 3.44. The first-order valence-corrected chi connectivity index (χ1v) is 1.76. The third-order valence-electron chi connectivity index (χ3n) is 0.239. The van der Waals surface area contributed by atoms with Crippen LogP contribution in [0, 0.1) is 0 Å². The maximum atomic E-state index is 11.0. The molecule has 0 unspecified atom stereocenters. The normalized spacial score (nSPS) is 12.5. The van der Waals surface area contributed by atoms with Crippen molar-refractivity contribution in [3.8, 4) is 0 Å². The van der Waals surface area contributed by atoms with E-state index in [2.05, 4.69) is 21.4 Å². The lowest BCUT2D eigenvalue weighted by molar-refractivity contribution is -0.0550. The number of hydrogen-bond acceptors (Lipinski definition) is 2. The summed E-state index contributed by atoms with van der Waals surface area (Å²) in [5.74, 6) is 0. The molecule has 0 heterocycles. The van der Waals surface area contributed by atoms with Crippen LogP contribution in [0.2, 0.25) is 0 Å². The molecule has 0 atom stereocenters. The van der Waals surface area contributed by atoms with Gasteiger partial charge in [-0.2, -0.15) is 13.2 Å². The second-order valence-electron chi connectivity index (χ2n) is 0.845. The third-order valence-corrected chi connectivity index (χ3v) is 0.319. The Kier molecular flexibility index (Phi) is 2.60. The third kappa shape index (κ3) is 5.55. The van der Waals surface area contributed by atoms with Crippen LogP contribution in [-0.4, -0.2) is 12.4 Å². The summed E-state index contributed by atoms with van der Waals surface area (Å²) in [5.41, 5.74) is 0. The van der Waals surface area contributed by atoms with Crippen LogP contribution in [0.1, 0.15) is 0 Å². The van der Waals surface area contributed by atoms with Crippen LogP contribution in [0.3, 0.4) is 0 Å². The maximum absolute atomic E-state index is 11.0. The first-order chi connectivity index (χ1) is 3.56. The summed E-state index contributed by atoms with van der Waals surface area (Å²) in [6.07, 6.45) is -4.81. The summed E-state index contributed by atoms with van der Waals surface area (Å²) in [6.45, 7) is 0. The largest absolute Gasteiger partial charge is 0.429 e. The van der Waals surface area contributed by atoms with E-state index in [1.807, 2.05) is 0 Å². The van der Waals surface area contributed by atoms with E-state index in [1.54, 1.807) is 0 Å². The van der Waals surface area contributed by atoms with Crippen molar-refractivity contribution in [2.24, 2.45) is 5.16 Å². The van der Waals surface area contributed by atoms with Gasteiger partial charge in [0.2, 0.25) is 0 Å². The van der Waals surface area contributed by atoms with E-state index >= 15 is 0 Å². The fourth-order valence-corrected chi connectivity index (χ4v) is 0.120. The number of hydrogen-bond donors (Lipinski definition) is 0. The van der Waals surface area contributed by atoms with E-state index in [-0.39, 0.29) is 6.21 Å². The molecule has 0 rings (SSSR count). The molecule has 0 N–H and O–H groups in total. The zero-order valence-corrected chi connectivity index (χ0v) is 4.20. The molecule has 48 valence electrons. The second kappa shape index (κ2) is 2.76. The molecule has 0 aromatic rings. The molecule has 0 saturated heterocycles. The van der Waals surface area contributed by atoms with Gasteiger partial charge >= 0.3 is 6.18 Å². The standard InChI is InChI=1S/C2HClF3NO/c3-8-7-1-2(4,5)6/h1H. The lowest BCUT2D eigenvalue weighted by Crippen LogP contribution is -2.07. The molecular weight excluding hydrogens is 146 g/mol. The molecule has 2 nitrogen and oxygen atoms in total. The van der Waals surface area contributed by atoms with Crippen molar-refractivity contribution in [2.45, 2.75) is 6.18 Å². The average Bonchev–Trinajstić information content (AvgIpc) is 1.59. The minimum Gasteiger partial charge on any atom is -0.277 e. The van der Waals surface area contributed by atoms with Crippen molar-refractivity contribution < 1.29 is 17.6 Å². The molecule has 0 aromatic carbocycles. The van der Waals surface area contributed by atoms with Crippen LogP contribution in [0.25, 0.3) is 0 Å². The Morgan fingerprint density at radius 1 is 1.50 bits per heavy atom. The number of rotatable bonds is 1. The van der Waals surface area contributed by atoms with Gasteiger partial charge < -0.3 is 0 Å². The van der Waals surface area contributed by atoms with Gasteiger partial charge in [-0.3, -0.25) is 4.39 Å². The summed E-state index contributed by atoms with van der Waals surface area (Å²) in [5, 5.41) is 2.26. The van der Waals surface area contributed by atoms with Crippen LogP contribution in [0.5, 0.6) is 0 Å². The Balaban J connectivity index is 3.52. The van der Waals surface area contributed by atoms with Gasteiger partial charge in [0.1, 0.15) is 6.21 Å². The predicted octanol–water partition coefficient (Wildman–Crippen LogP) is 1.70. The van der Waals surface area contributed by atoms with Crippen molar-refractivity contribution in [3.05, 3.63) is 0 Å².